The van der Waals surface area contributed by atoms with Crippen LogP contribution in [0.25, 0.3) is 0 Å². The molecule has 1 aliphatic carbocycles. The third-order valence-electron chi connectivity index (χ3n) is 3.69. The smallest absolute Gasteiger partial charge is 0.151 e. The molecule has 0 saturated heterocycles. The molecule has 0 amide bonds. The molecular formula is C14H25N3O. The van der Waals surface area contributed by atoms with E-state index in [4.69, 9.17) is 4.74 Å². The van der Waals surface area contributed by atoms with Gasteiger partial charge in [-0.25, -0.2) is 0 Å². The number of nitrogens with one attached hydrogen (secondary N) is 2. The van der Waals surface area contributed by atoms with Crippen molar-refractivity contribution in [3.63, 3.8) is 0 Å². The van der Waals surface area contributed by atoms with Gasteiger partial charge in [-0.15, -0.1) is 0 Å². The van der Waals surface area contributed by atoms with E-state index < -0.39 is 0 Å². The normalized spacial score (nSPS) is 20.5. The second kappa shape index (κ2) is 4.57. The Hall–Kier alpha value is -1.03. The average Bonchev–Trinajstić information content (AvgIpc) is 2.59. The SMILES string of the molecule is COCCNc1n[nH]c2c1C(C)(C)CC(C)(C)C2. The Balaban J connectivity index is 2.25. The molecule has 1 aromatic rings. The lowest BCUT2D eigenvalue weighted by Crippen LogP contribution is -2.34. The van der Waals surface area contributed by atoms with Gasteiger partial charge in [0.2, 0.25) is 0 Å². The van der Waals surface area contributed by atoms with E-state index in [2.05, 4.69) is 43.2 Å². The zero-order valence-electron chi connectivity index (χ0n) is 12.2. The van der Waals surface area contributed by atoms with Gasteiger partial charge in [-0.2, -0.15) is 5.10 Å². The number of methoxy groups -OCH3 is 1. The van der Waals surface area contributed by atoms with Gasteiger partial charge in [0, 0.05) is 24.9 Å². The molecule has 1 aliphatic rings. The largest absolute Gasteiger partial charge is 0.383 e. The van der Waals surface area contributed by atoms with Crippen LogP contribution in [0.5, 0.6) is 0 Å². The van der Waals surface area contributed by atoms with Gasteiger partial charge in [-0.3, -0.25) is 5.10 Å². The molecule has 1 aromatic heterocycles. The Bertz CT molecular complexity index is 421. The van der Waals surface area contributed by atoms with Crippen LogP contribution in [-0.4, -0.2) is 30.5 Å². The van der Waals surface area contributed by atoms with Gasteiger partial charge in [-0.1, -0.05) is 27.7 Å². The number of aromatic amines is 1. The van der Waals surface area contributed by atoms with Crippen molar-refractivity contribution in [1.29, 1.82) is 0 Å². The van der Waals surface area contributed by atoms with Crippen molar-refractivity contribution >= 4 is 5.82 Å². The third-order valence-corrected chi connectivity index (χ3v) is 3.69. The Morgan fingerprint density at radius 1 is 1.33 bits per heavy atom. The summed E-state index contributed by atoms with van der Waals surface area (Å²) in [5, 5.41) is 11.0. The number of nitrogens with zero attached hydrogens (tertiary/aromatic N) is 1. The summed E-state index contributed by atoms with van der Waals surface area (Å²) in [6.45, 7) is 10.8. The number of aromatic nitrogens is 2. The molecule has 0 spiro atoms. The summed E-state index contributed by atoms with van der Waals surface area (Å²) in [4.78, 5) is 0. The van der Waals surface area contributed by atoms with Gasteiger partial charge < -0.3 is 10.1 Å². The first-order valence-corrected chi connectivity index (χ1v) is 6.66. The highest BCUT2D eigenvalue weighted by Crippen LogP contribution is 2.47. The molecule has 4 nitrogen and oxygen atoms in total. The van der Waals surface area contributed by atoms with Crippen molar-refractivity contribution in [1.82, 2.24) is 10.2 Å². The number of ether oxygens (including phenoxy) is 1. The Morgan fingerprint density at radius 2 is 2.06 bits per heavy atom. The monoisotopic (exact) mass is 251 g/mol. The standard InChI is InChI=1S/C14H25N3O/c1-13(2)8-10-11(14(3,4)9-13)12(17-16-10)15-6-7-18-5/h6-9H2,1-5H3,(H2,15,16,17). The molecule has 0 bridgehead atoms. The van der Waals surface area contributed by atoms with Gasteiger partial charge in [0.1, 0.15) is 0 Å². The van der Waals surface area contributed by atoms with Crippen molar-refractivity contribution in [2.75, 3.05) is 25.6 Å². The molecule has 2 rings (SSSR count). The lowest BCUT2D eigenvalue weighted by molar-refractivity contribution is 0.210. The molecule has 0 radical (unpaired) electrons. The van der Waals surface area contributed by atoms with E-state index in [9.17, 15) is 0 Å². The quantitative estimate of drug-likeness (QED) is 0.809. The van der Waals surface area contributed by atoms with Crippen molar-refractivity contribution < 1.29 is 4.74 Å². The van der Waals surface area contributed by atoms with Crippen LogP contribution in [0, 0.1) is 5.41 Å². The summed E-state index contributed by atoms with van der Waals surface area (Å²) in [5.41, 5.74) is 3.15. The number of hydrogen-bond acceptors (Lipinski definition) is 3. The van der Waals surface area contributed by atoms with Crippen LogP contribution in [0.3, 0.4) is 0 Å². The molecule has 102 valence electrons. The molecule has 0 aliphatic heterocycles. The van der Waals surface area contributed by atoms with Crippen molar-refractivity contribution in [2.45, 2.75) is 46.0 Å². The Kier molecular flexibility index (Phi) is 3.41. The van der Waals surface area contributed by atoms with Crippen LogP contribution in [0.2, 0.25) is 0 Å². The van der Waals surface area contributed by atoms with Crippen molar-refractivity contribution in [3.05, 3.63) is 11.3 Å². The molecule has 0 aromatic carbocycles. The Labute approximate surface area is 110 Å². The van der Waals surface area contributed by atoms with Gasteiger partial charge in [0.25, 0.3) is 0 Å². The van der Waals surface area contributed by atoms with E-state index in [1.165, 1.54) is 17.7 Å². The fourth-order valence-corrected chi connectivity index (χ4v) is 3.46. The fourth-order valence-electron chi connectivity index (χ4n) is 3.46. The maximum atomic E-state index is 5.07. The van der Waals surface area contributed by atoms with E-state index in [1.54, 1.807) is 7.11 Å². The maximum Gasteiger partial charge on any atom is 0.151 e. The molecule has 18 heavy (non-hydrogen) atoms. The van der Waals surface area contributed by atoms with Crippen LogP contribution < -0.4 is 5.32 Å². The van der Waals surface area contributed by atoms with Crippen LogP contribution in [-0.2, 0) is 16.6 Å². The molecular weight excluding hydrogens is 226 g/mol. The van der Waals surface area contributed by atoms with Gasteiger partial charge in [0.05, 0.1) is 6.61 Å². The summed E-state index contributed by atoms with van der Waals surface area (Å²) >= 11 is 0. The number of fused-ring (bicyclic) bond motifs is 1. The van der Waals surface area contributed by atoms with Gasteiger partial charge in [-0.05, 0) is 23.7 Å². The van der Waals surface area contributed by atoms with Gasteiger partial charge in [0.15, 0.2) is 5.82 Å². The first-order valence-electron chi connectivity index (χ1n) is 6.66. The maximum absolute atomic E-state index is 5.07. The first-order chi connectivity index (χ1) is 8.36. The molecule has 1 heterocycles. The van der Waals surface area contributed by atoms with Crippen molar-refractivity contribution in [2.24, 2.45) is 5.41 Å². The summed E-state index contributed by atoms with van der Waals surface area (Å²) in [7, 11) is 1.72. The highest BCUT2D eigenvalue weighted by molar-refractivity contribution is 5.52. The molecule has 0 unspecified atom stereocenters. The first kappa shape index (κ1) is 13.4. The summed E-state index contributed by atoms with van der Waals surface area (Å²) in [5.74, 6) is 1.00. The Morgan fingerprint density at radius 3 is 2.72 bits per heavy atom. The summed E-state index contributed by atoms with van der Waals surface area (Å²) in [6, 6.07) is 0. The van der Waals surface area contributed by atoms with E-state index in [1.807, 2.05) is 0 Å². The molecule has 4 heteroatoms. The second-order valence-corrected chi connectivity index (χ2v) is 6.75. The lowest BCUT2D eigenvalue weighted by Gasteiger charge is -2.40. The van der Waals surface area contributed by atoms with Crippen molar-refractivity contribution in [3.8, 4) is 0 Å². The fraction of sp³-hybridized carbons (Fsp3) is 0.786. The second-order valence-electron chi connectivity index (χ2n) is 6.75. The number of anilines is 1. The topological polar surface area (TPSA) is 49.9 Å². The highest BCUT2D eigenvalue weighted by Gasteiger charge is 2.40. The van der Waals surface area contributed by atoms with Crippen LogP contribution >= 0.6 is 0 Å². The van der Waals surface area contributed by atoms with Crippen LogP contribution in [0.1, 0.15) is 45.4 Å². The zero-order valence-corrected chi connectivity index (χ0v) is 12.2. The summed E-state index contributed by atoms with van der Waals surface area (Å²) in [6.07, 6.45) is 2.26. The molecule has 0 saturated carbocycles. The van der Waals surface area contributed by atoms with Crippen LogP contribution in [0.15, 0.2) is 0 Å². The molecule has 0 fully saturated rings. The number of rotatable bonds is 4. The summed E-state index contributed by atoms with van der Waals surface area (Å²) < 4.78 is 5.07. The van der Waals surface area contributed by atoms with E-state index in [-0.39, 0.29) is 5.41 Å². The van der Waals surface area contributed by atoms with E-state index in [0.29, 0.717) is 12.0 Å². The minimum absolute atomic E-state index is 0.166. The number of H-pyrrole nitrogens is 1. The minimum Gasteiger partial charge on any atom is -0.383 e. The zero-order chi connectivity index (χ0) is 13.4. The third kappa shape index (κ3) is 2.53. The minimum atomic E-state index is 0.166. The van der Waals surface area contributed by atoms with Crippen LogP contribution in [0.4, 0.5) is 5.82 Å². The molecule has 2 N–H and O–H groups in total. The van der Waals surface area contributed by atoms with E-state index in [0.717, 1.165) is 18.8 Å². The highest BCUT2D eigenvalue weighted by atomic mass is 16.5. The lowest BCUT2D eigenvalue weighted by atomic mass is 9.64. The number of hydrogen-bond donors (Lipinski definition) is 2. The predicted octanol–water partition coefficient (Wildman–Crippen LogP) is 2.72. The average molecular weight is 251 g/mol. The van der Waals surface area contributed by atoms with E-state index >= 15 is 0 Å². The predicted molar refractivity (Wildman–Crippen MR) is 74.1 cm³/mol. The van der Waals surface area contributed by atoms with Gasteiger partial charge >= 0.3 is 0 Å². The molecule has 0 atom stereocenters.